The van der Waals surface area contributed by atoms with E-state index >= 15 is 0 Å². The molecule has 7 nitrogen and oxygen atoms in total. The number of nitrogens with zero attached hydrogens (tertiary/aromatic N) is 2. The highest BCUT2D eigenvalue weighted by atomic mass is 16.3. The molecule has 1 atom stereocenters. The minimum absolute atomic E-state index is 0.0881. The molecule has 1 saturated carbocycles. The summed E-state index contributed by atoms with van der Waals surface area (Å²) in [6.45, 7) is 0. The van der Waals surface area contributed by atoms with Crippen molar-refractivity contribution < 1.29 is 9.90 Å². The van der Waals surface area contributed by atoms with Gasteiger partial charge < -0.3 is 15.4 Å². The molecule has 26 heavy (non-hydrogen) atoms. The molecule has 132 valence electrons. The third-order valence-corrected chi connectivity index (χ3v) is 4.77. The lowest BCUT2D eigenvalue weighted by molar-refractivity contribution is 0.0228. The van der Waals surface area contributed by atoms with E-state index in [0.717, 1.165) is 5.69 Å². The van der Waals surface area contributed by atoms with Gasteiger partial charge in [0.05, 0.1) is 23.4 Å². The molecule has 2 heterocycles. The van der Waals surface area contributed by atoms with E-state index in [9.17, 15) is 14.7 Å². The van der Waals surface area contributed by atoms with Crippen molar-refractivity contribution in [3.8, 4) is 0 Å². The van der Waals surface area contributed by atoms with Gasteiger partial charge in [0.15, 0.2) is 0 Å². The molecular weight excluding hydrogens is 332 g/mol. The molecule has 0 unspecified atom stereocenters. The lowest BCUT2D eigenvalue weighted by Crippen LogP contribution is -2.42. The molecule has 0 radical (unpaired) electrons. The third-order valence-electron chi connectivity index (χ3n) is 4.77. The van der Waals surface area contributed by atoms with E-state index in [4.69, 9.17) is 0 Å². The topological polar surface area (TPSA) is 108 Å². The van der Waals surface area contributed by atoms with Gasteiger partial charge in [-0.25, -0.2) is 4.79 Å². The number of aliphatic hydroxyl groups is 1. The Morgan fingerprint density at radius 3 is 2.69 bits per heavy atom. The molecule has 3 N–H and O–H groups in total. The first kappa shape index (κ1) is 16.4. The first-order chi connectivity index (χ1) is 12.6. The molecule has 3 aromatic rings. The minimum Gasteiger partial charge on any atom is -0.393 e. The van der Waals surface area contributed by atoms with Crippen LogP contribution in [0.1, 0.15) is 35.1 Å². The van der Waals surface area contributed by atoms with Crippen LogP contribution in [0, 0.1) is 5.92 Å². The van der Waals surface area contributed by atoms with Crippen molar-refractivity contribution in [2.24, 2.45) is 5.92 Å². The summed E-state index contributed by atoms with van der Waals surface area (Å²) in [6.07, 6.45) is 2.53. The highest BCUT2D eigenvalue weighted by molar-refractivity contribution is 6.04. The number of H-pyrrole nitrogens is 1. The predicted octanol–water partition coefficient (Wildman–Crippen LogP) is 1.56. The second kappa shape index (κ2) is 6.68. The molecule has 0 bridgehead atoms. The average Bonchev–Trinajstić information content (AvgIpc) is 2.63. The van der Waals surface area contributed by atoms with Crippen molar-refractivity contribution in [3.63, 3.8) is 0 Å². The normalized spacial score (nSPS) is 20.3. The van der Waals surface area contributed by atoms with E-state index in [1.165, 1.54) is 0 Å². The standard InChI is InChI=1S/C19H18N4O3/c24-12-9-11(10-12)16(15-7-3-4-8-20-15)22-18(25)17-13-5-1-2-6-14(13)21-19(26)23-17/h1-8,11-12,16,24H,9-10H2,(H,22,25)(H,21,23,26)/t11?,12?,16-/m0/s1. The van der Waals surface area contributed by atoms with Crippen molar-refractivity contribution in [2.75, 3.05) is 0 Å². The van der Waals surface area contributed by atoms with Gasteiger partial charge in [0, 0.05) is 11.6 Å². The number of carbonyl (C=O) groups is 1. The Morgan fingerprint density at radius 1 is 1.19 bits per heavy atom. The fraction of sp³-hybridized carbons (Fsp3) is 0.263. The lowest BCUT2D eigenvalue weighted by Gasteiger charge is -2.37. The van der Waals surface area contributed by atoms with Crippen LogP contribution in [0.5, 0.6) is 0 Å². The Kier molecular flexibility index (Phi) is 4.22. The third kappa shape index (κ3) is 3.09. The first-order valence-electron chi connectivity index (χ1n) is 8.51. The molecule has 1 amide bonds. The van der Waals surface area contributed by atoms with E-state index in [1.807, 2.05) is 18.2 Å². The van der Waals surface area contributed by atoms with E-state index in [-0.39, 0.29) is 23.8 Å². The van der Waals surface area contributed by atoms with Gasteiger partial charge in [-0.15, -0.1) is 0 Å². The van der Waals surface area contributed by atoms with E-state index in [0.29, 0.717) is 23.7 Å². The summed E-state index contributed by atoms with van der Waals surface area (Å²) in [4.78, 5) is 35.6. The maximum absolute atomic E-state index is 12.9. The zero-order valence-corrected chi connectivity index (χ0v) is 13.9. The zero-order chi connectivity index (χ0) is 18.1. The maximum atomic E-state index is 12.9. The second-order valence-electron chi connectivity index (χ2n) is 6.53. The van der Waals surface area contributed by atoms with Crippen molar-refractivity contribution >= 4 is 16.8 Å². The van der Waals surface area contributed by atoms with Crippen molar-refractivity contribution in [2.45, 2.75) is 25.0 Å². The number of fused-ring (bicyclic) bond motifs is 1. The maximum Gasteiger partial charge on any atom is 0.346 e. The molecule has 1 fully saturated rings. The highest BCUT2D eigenvalue weighted by Gasteiger charge is 2.36. The lowest BCUT2D eigenvalue weighted by atomic mass is 9.76. The molecule has 1 aromatic carbocycles. The summed E-state index contributed by atoms with van der Waals surface area (Å²) in [5.41, 5.74) is 0.811. The van der Waals surface area contributed by atoms with Gasteiger partial charge >= 0.3 is 5.69 Å². The van der Waals surface area contributed by atoms with Crippen LogP contribution >= 0.6 is 0 Å². The molecule has 1 aliphatic carbocycles. The second-order valence-corrected chi connectivity index (χ2v) is 6.53. The number of aromatic amines is 1. The number of carbonyl (C=O) groups excluding carboxylic acids is 1. The Balaban J connectivity index is 1.68. The number of hydrogen-bond donors (Lipinski definition) is 3. The van der Waals surface area contributed by atoms with Gasteiger partial charge in [-0.1, -0.05) is 24.3 Å². The number of nitrogens with one attached hydrogen (secondary N) is 2. The van der Waals surface area contributed by atoms with Crippen LogP contribution in [-0.4, -0.2) is 32.1 Å². The van der Waals surface area contributed by atoms with Crippen molar-refractivity contribution in [1.82, 2.24) is 20.3 Å². The molecule has 0 spiro atoms. The van der Waals surface area contributed by atoms with Crippen LogP contribution < -0.4 is 11.0 Å². The number of amides is 1. The first-order valence-corrected chi connectivity index (χ1v) is 8.51. The summed E-state index contributed by atoms with van der Waals surface area (Å²) in [5.74, 6) is -0.332. The molecular formula is C19H18N4O3. The largest absolute Gasteiger partial charge is 0.393 e. The Labute approximate surface area is 149 Å². The monoisotopic (exact) mass is 350 g/mol. The predicted molar refractivity (Wildman–Crippen MR) is 95.5 cm³/mol. The van der Waals surface area contributed by atoms with Crippen molar-refractivity contribution in [3.05, 3.63) is 70.5 Å². The summed E-state index contributed by atoms with van der Waals surface area (Å²) in [6, 6.07) is 12.2. The number of benzene rings is 1. The molecule has 2 aromatic heterocycles. The number of aromatic nitrogens is 3. The van der Waals surface area contributed by atoms with Crippen LogP contribution in [0.3, 0.4) is 0 Å². The molecule has 7 heteroatoms. The smallest absolute Gasteiger partial charge is 0.346 e. The summed E-state index contributed by atoms with van der Waals surface area (Å²) >= 11 is 0. The van der Waals surface area contributed by atoms with Gasteiger partial charge in [-0.3, -0.25) is 9.78 Å². The van der Waals surface area contributed by atoms with Crippen LogP contribution in [0.25, 0.3) is 10.9 Å². The zero-order valence-electron chi connectivity index (χ0n) is 13.9. The SMILES string of the molecule is O=C(N[C@H](c1ccccn1)C1CC(O)C1)c1nc(=O)[nH]c2ccccc12. The van der Waals surface area contributed by atoms with Crippen LogP contribution in [-0.2, 0) is 0 Å². The van der Waals surface area contributed by atoms with Crippen LogP contribution in [0.4, 0.5) is 0 Å². The number of rotatable bonds is 4. The number of aliphatic hydroxyl groups excluding tert-OH is 1. The number of hydrogen-bond acceptors (Lipinski definition) is 5. The summed E-state index contributed by atoms with van der Waals surface area (Å²) in [7, 11) is 0. The summed E-state index contributed by atoms with van der Waals surface area (Å²) < 4.78 is 0. The fourth-order valence-corrected chi connectivity index (χ4v) is 3.38. The number of pyridine rings is 1. The van der Waals surface area contributed by atoms with Gasteiger partial charge in [0.25, 0.3) is 5.91 Å². The van der Waals surface area contributed by atoms with Gasteiger partial charge in [0.2, 0.25) is 0 Å². The summed E-state index contributed by atoms with van der Waals surface area (Å²) in [5, 5.41) is 13.2. The molecule has 0 saturated heterocycles. The Morgan fingerprint density at radius 2 is 1.96 bits per heavy atom. The van der Waals surface area contributed by atoms with E-state index < -0.39 is 11.6 Å². The van der Waals surface area contributed by atoms with Crippen LogP contribution in [0.15, 0.2) is 53.5 Å². The van der Waals surface area contributed by atoms with E-state index in [1.54, 1.807) is 30.5 Å². The average molecular weight is 350 g/mol. The van der Waals surface area contributed by atoms with Gasteiger partial charge in [-0.2, -0.15) is 4.98 Å². The minimum atomic E-state index is -0.567. The molecule has 0 aliphatic heterocycles. The number of para-hydroxylation sites is 1. The Hall–Kier alpha value is -3.06. The molecule has 4 rings (SSSR count). The Bertz CT molecular complexity index is 996. The van der Waals surface area contributed by atoms with Gasteiger partial charge in [-0.05, 0) is 37.0 Å². The quantitative estimate of drug-likeness (QED) is 0.662. The van der Waals surface area contributed by atoms with Crippen LogP contribution in [0.2, 0.25) is 0 Å². The van der Waals surface area contributed by atoms with Gasteiger partial charge in [0.1, 0.15) is 5.69 Å². The van der Waals surface area contributed by atoms with Crippen molar-refractivity contribution in [1.29, 1.82) is 0 Å². The molecule has 1 aliphatic rings. The fourth-order valence-electron chi connectivity index (χ4n) is 3.38. The highest BCUT2D eigenvalue weighted by Crippen LogP contribution is 2.37. The van der Waals surface area contributed by atoms with E-state index in [2.05, 4.69) is 20.3 Å².